The van der Waals surface area contributed by atoms with E-state index in [2.05, 4.69) is 23.2 Å². The van der Waals surface area contributed by atoms with Gasteiger partial charge in [0.1, 0.15) is 11.6 Å². The number of benzene rings is 2. The zero-order chi connectivity index (χ0) is 17.4. The van der Waals surface area contributed by atoms with Crippen LogP contribution in [0.4, 0.5) is 0 Å². The van der Waals surface area contributed by atoms with E-state index in [9.17, 15) is 5.26 Å². The van der Waals surface area contributed by atoms with Gasteiger partial charge in [0, 0.05) is 22.6 Å². The molecule has 0 spiro atoms. The summed E-state index contributed by atoms with van der Waals surface area (Å²) in [4.78, 5) is 4.69. The van der Waals surface area contributed by atoms with Gasteiger partial charge in [-0.15, -0.1) is 0 Å². The summed E-state index contributed by atoms with van der Waals surface area (Å²) in [5.74, 6) is 0.394. The molecule has 3 aromatic rings. The smallest absolute Gasteiger partial charge is 0.232 e. The van der Waals surface area contributed by atoms with Crippen LogP contribution < -0.4 is 4.74 Å². The van der Waals surface area contributed by atoms with Gasteiger partial charge in [-0.1, -0.05) is 48.0 Å². The van der Waals surface area contributed by atoms with Crippen LogP contribution in [0, 0.1) is 11.3 Å². The summed E-state index contributed by atoms with van der Waals surface area (Å²) in [6.45, 7) is 2.36. The Morgan fingerprint density at radius 1 is 1.16 bits per heavy atom. The Bertz CT molecular complexity index is 1000. The van der Waals surface area contributed by atoms with Crippen molar-refractivity contribution in [1.82, 2.24) is 4.98 Å². The molecule has 0 bridgehead atoms. The number of rotatable bonds is 3. The zero-order valence-electron chi connectivity index (χ0n) is 13.7. The number of nitriles is 1. The van der Waals surface area contributed by atoms with Gasteiger partial charge in [0.15, 0.2) is 0 Å². The van der Waals surface area contributed by atoms with Crippen LogP contribution in [-0.4, -0.2) is 11.6 Å². The molecule has 1 aliphatic rings. The first-order valence-electron chi connectivity index (χ1n) is 8.17. The molecule has 4 rings (SSSR count). The molecule has 25 heavy (non-hydrogen) atoms. The van der Waals surface area contributed by atoms with Gasteiger partial charge < -0.3 is 4.74 Å². The quantitative estimate of drug-likeness (QED) is 0.509. The van der Waals surface area contributed by atoms with E-state index in [0.29, 0.717) is 23.1 Å². The van der Waals surface area contributed by atoms with Crippen LogP contribution in [0.5, 0.6) is 5.88 Å². The minimum absolute atomic E-state index is 0.394. The monoisotopic (exact) mass is 346 g/mol. The molecule has 0 saturated carbocycles. The Morgan fingerprint density at radius 3 is 2.64 bits per heavy atom. The van der Waals surface area contributed by atoms with E-state index >= 15 is 0 Å². The molecule has 4 heteroatoms. The lowest BCUT2D eigenvalue weighted by Crippen LogP contribution is -2.03. The lowest BCUT2D eigenvalue weighted by Gasteiger charge is -2.15. The number of nitrogens with zero attached hydrogens (tertiary/aromatic N) is 2. The van der Waals surface area contributed by atoms with E-state index in [0.717, 1.165) is 34.4 Å². The summed E-state index contributed by atoms with van der Waals surface area (Å²) in [6.07, 6.45) is 0.761. The van der Waals surface area contributed by atoms with E-state index in [1.165, 1.54) is 5.56 Å². The largest absolute Gasteiger partial charge is 0.477 e. The Morgan fingerprint density at radius 2 is 1.92 bits per heavy atom. The van der Waals surface area contributed by atoms with Crippen LogP contribution in [0.2, 0.25) is 5.02 Å². The van der Waals surface area contributed by atoms with E-state index in [4.69, 9.17) is 16.3 Å². The normalized spacial score (nSPS) is 11.6. The molecule has 3 nitrogen and oxygen atoms in total. The van der Waals surface area contributed by atoms with Crippen LogP contribution in [0.25, 0.3) is 22.4 Å². The lowest BCUT2D eigenvalue weighted by molar-refractivity contribution is 0.326. The standard InChI is InChI=1S/C21H15ClN2O/c1-2-25-21-18(12-23)19(13-7-9-15(22)10-8-13)17-11-14-5-3-4-6-16(14)20(17)24-21/h3-10H,2,11H2,1H3. The molecular weight excluding hydrogens is 332 g/mol. The zero-order valence-corrected chi connectivity index (χ0v) is 14.5. The molecule has 0 amide bonds. The molecule has 0 saturated heterocycles. The second-order valence-electron chi connectivity index (χ2n) is 5.88. The molecule has 0 unspecified atom stereocenters. The highest BCUT2D eigenvalue weighted by molar-refractivity contribution is 6.30. The second-order valence-corrected chi connectivity index (χ2v) is 6.32. The molecule has 0 N–H and O–H groups in total. The number of aromatic nitrogens is 1. The third-order valence-electron chi connectivity index (χ3n) is 4.43. The Hall–Kier alpha value is -2.83. The van der Waals surface area contributed by atoms with E-state index in [1.807, 2.05) is 43.3 Å². The fourth-order valence-electron chi connectivity index (χ4n) is 3.37. The minimum Gasteiger partial charge on any atom is -0.477 e. The molecule has 0 fully saturated rings. The molecule has 0 atom stereocenters. The summed E-state index contributed by atoms with van der Waals surface area (Å²) < 4.78 is 5.69. The van der Waals surface area contributed by atoms with Crippen molar-refractivity contribution in [2.24, 2.45) is 0 Å². The Balaban J connectivity index is 2.04. The van der Waals surface area contributed by atoms with Crippen LogP contribution in [-0.2, 0) is 6.42 Å². The van der Waals surface area contributed by atoms with Crippen molar-refractivity contribution in [3.8, 4) is 34.3 Å². The summed E-state index contributed by atoms with van der Waals surface area (Å²) in [7, 11) is 0. The maximum atomic E-state index is 9.79. The number of ether oxygens (including phenoxy) is 1. The first-order valence-corrected chi connectivity index (χ1v) is 8.54. The van der Waals surface area contributed by atoms with Gasteiger partial charge in [-0.2, -0.15) is 5.26 Å². The van der Waals surface area contributed by atoms with Crippen LogP contribution in [0.3, 0.4) is 0 Å². The van der Waals surface area contributed by atoms with Gasteiger partial charge in [-0.05, 0) is 35.7 Å². The molecular formula is C21H15ClN2O. The van der Waals surface area contributed by atoms with Gasteiger partial charge in [-0.3, -0.25) is 0 Å². The van der Waals surface area contributed by atoms with Crippen molar-refractivity contribution < 1.29 is 4.74 Å². The van der Waals surface area contributed by atoms with Crippen LogP contribution >= 0.6 is 11.6 Å². The Labute approximate surface area is 151 Å². The molecule has 0 radical (unpaired) electrons. The van der Waals surface area contributed by atoms with Crippen molar-refractivity contribution >= 4 is 11.6 Å². The van der Waals surface area contributed by atoms with E-state index in [-0.39, 0.29) is 0 Å². The predicted molar refractivity (Wildman–Crippen MR) is 98.8 cm³/mol. The third-order valence-corrected chi connectivity index (χ3v) is 4.68. The van der Waals surface area contributed by atoms with Crippen molar-refractivity contribution in [1.29, 1.82) is 5.26 Å². The van der Waals surface area contributed by atoms with Crippen molar-refractivity contribution in [2.75, 3.05) is 6.61 Å². The van der Waals surface area contributed by atoms with Crippen molar-refractivity contribution in [3.05, 3.63) is 70.2 Å². The second kappa shape index (κ2) is 6.23. The first kappa shape index (κ1) is 15.7. The van der Waals surface area contributed by atoms with E-state index < -0.39 is 0 Å². The summed E-state index contributed by atoms with van der Waals surface area (Å²) in [6, 6.07) is 18.1. The average molecular weight is 347 g/mol. The highest BCUT2D eigenvalue weighted by Crippen LogP contribution is 2.44. The molecule has 122 valence electrons. The highest BCUT2D eigenvalue weighted by Gasteiger charge is 2.28. The number of halogens is 1. The minimum atomic E-state index is 0.394. The van der Waals surface area contributed by atoms with Crippen molar-refractivity contribution in [2.45, 2.75) is 13.3 Å². The van der Waals surface area contributed by atoms with Crippen molar-refractivity contribution in [3.63, 3.8) is 0 Å². The van der Waals surface area contributed by atoms with Gasteiger partial charge in [0.2, 0.25) is 5.88 Å². The van der Waals surface area contributed by atoms with Gasteiger partial charge >= 0.3 is 0 Å². The molecule has 1 heterocycles. The molecule has 1 aliphatic carbocycles. The highest BCUT2D eigenvalue weighted by atomic mass is 35.5. The molecule has 0 aliphatic heterocycles. The summed E-state index contributed by atoms with van der Waals surface area (Å²) in [5.41, 5.74) is 6.63. The van der Waals surface area contributed by atoms with E-state index in [1.54, 1.807) is 0 Å². The van der Waals surface area contributed by atoms with Crippen LogP contribution in [0.1, 0.15) is 23.6 Å². The number of hydrogen-bond acceptors (Lipinski definition) is 3. The molecule has 2 aromatic carbocycles. The Kier molecular flexibility index (Phi) is 3.91. The molecule has 1 aromatic heterocycles. The fourth-order valence-corrected chi connectivity index (χ4v) is 3.50. The predicted octanol–water partition coefficient (Wildman–Crippen LogP) is 5.24. The maximum Gasteiger partial charge on any atom is 0.232 e. The number of fused-ring (bicyclic) bond motifs is 3. The first-order chi connectivity index (χ1) is 12.2. The SMILES string of the molecule is CCOc1nc2c(c(-c3ccc(Cl)cc3)c1C#N)Cc1ccccc1-2. The van der Waals surface area contributed by atoms with Gasteiger partial charge in [0.25, 0.3) is 0 Å². The third kappa shape index (κ3) is 2.56. The number of hydrogen-bond donors (Lipinski definition) is 0. The summed E-state index contributed by atoms with van der Waals surface area (Å²) in [5, 5.41) is 10.5. The van der Waals surface area contributed by atoms with Crippen LogP contribution in [0.15, 0.2) is 48.5 Å². The van der Waals surface area contributed by atoms with Gasteiger partial charge in [0.05, 0.1) is 12.3 Å². The topological polar surface area (TPSA) is 45.9 Å². The fraction of sp³-hybridized carbons (Fsp3) is 0.143. The van der Waals surface area contributed by atoms with Gasteiger partial charge in [-0.25, -0.2) is 4.98 Å². The maximum absolute atomic E-state index is 9.79. The summed E-state index contributed by atoms with van der Waals surface area (Å²) >= 11 is 6.04. The average Bonchev–Trinajstić information content (AvgIpc) is 3.00. The number of pyridine rings is 1. The lowest BCUT2D eigenvalue weighted by atomic mass is 9.94.